The lowest BCUT2D eigenvalue weighted by atomic mass is 10.2. The van der Waals surface area contributed by atoms with Gasteiger partial charge in [0.1, 0.15) is 0 Å². The molecule has 1 amide bonds. The summed E-state index contributed by atoms with van der Waals surface area (Å²) in [6.45, 7) is 0.771. The van der Waals surface area contributed by atoms with E-state index < -0.39 is 9.84 Å². The van der Waals surface area contributed by atoms with Crippen LogP contribution < -0.4 is 0 Å². The van der Waals surface area contributed by atoms with Crippen LogP contribution in [-0.4, -0.2) is 62.3 Å². The monoisotopic (exact) mass is 378 g/mol. The molecule has 0 spiro atoms. The Morgan fingerprint density at radius 3 is 2.52 bits per heavy atom. The lowest BCUT2D eigenvalue weighted by molar-refractivity contribution is -0.132. The molecule has 128 valence electrons. The number of amides is 1. The zero-order valence-electron chi connectivity index (χ0n) is 13.1. The van der Waals surface area contributed by atoms with Gasteiger partial charge in [0, 0.05) is 19.6 Å². The summed E-state index contributed by atoms with van der Waals surface area (Å²) in [5, 5.41) is 0.980. The fraction of sp³-hybridized carbons (Fsp3) is 0.533. The molecule has 8 heteroatoms. The molecular weight excluding hydrogens is 359 g/mol. The second kappa shape index (κ2) is 7.38. The van der Waals surface area contributed by atoms with Crippen molar-refractivity contribution in [2.24, 2.45) is 0 Å². The van der Waals surface area contributed by atoms with Crippen molar-refractivity contribution in [3.05, 3.63) is 33.8 Å². The van der Waals surface area contributed by atoms with Gasteiger partial charge in [-0.05, 0) is 31.2 Å². The highest BCUT2D eigenvalue weighted by Crippen LogP contribution is 2.23. The predicted molar refractivity (Wildman–Crippen MR) is 92.6 cm³/mol. The number of hydrogen-bond donors (Lipinski definition) is 0. The number of halogens is 2. The fourth-order valence-electron chi connectivity index (χ4n) is 2.63. The maximum absolute atomic E-state index is 12.3. The molecule has 1 aromatic carbocycles. The number of likely N-dealkylation sites (N-methyl/N-ethyl adjacent to an activating group) is 2. The average molecular weight is 379 g/mol. The van der Waals surface area contributed by atoms with Crippen LogP contribution in [0.3, 0.4) is 0 Å². The summed E-state index contributed by atoms with van der Waals surface area (Å²) >= 11 is 11.9. The third-order valence-electron chi connectivity index (χ3n) is 3.99. The fourth-order valence-corrected chi connectivity index (χ4v) is 4.73. The Hall–Kier alpha value is -0.820. The van der Waals surface area contributed by atoms with Crippen molar-refractivity contribution in [3.63, 3.8) is 0 Å². The highest BCUT2D eigenvalue weighted by Gasteiger charge is 2.32. The molecule has 1 aliphatic rings. The highest BCUT2D eigenvalue weighted by molar-refractivity contribution is 7.91. The number of sulfone groups is 1. The first-order valence-corrected chi connectivity index (χ1v) is 9.84. The second-order valence-corrected chi connectivity index (χ2v) is 9.03. The number of nitrogens with zero attached hydrogens (tertiary/aromatic N) is 2. The molecule has 0 bridgehead atoms. The van der Waals surface area contributed by atoms with E-state index in [0.29, 0.717) is 23.0 Å². The van der Waals surface area contributed by atoms with Gasteiger partial charge in [0.05, 0.1) is 28.1 Å². The van der Waals surface area contributed by atoms with Crippen molar-refractivity contribution >= 4 is 38.9 Å². The van der Waals surface area contributed by atoms with Crippen molar-refractivity contribution in [1.82, 2.24) is 9.80 Å². The maximum atomic E-state index is 12.3. The van der Waals surface area contributed by atoms with Crippen molar-refractivity contribution in [3.8, 4) is 0 Å². The molecule has 1 unspecified atom stereocenters. The van der Waals surface area contributed by atoms with Crippen molar-refractivity contribution in [2.75, 3.05) is 32.1 Å². The number of carbonyl (C=O) groups excluding carboxylic acids is 1. The summed E-state index contributed by atoms with van der Waals surface area (Å²) in [5.74, 6) is 0.134. The predicted octanol–water partition coefficient (Wildman–Crippen LogP) is 2.07. The Morgan fingerprint density at radius 2 is 1.96 bits per heavy atom. The minimum Gasteiger partial charge on any atom is -0.341 e. The van der Waals surface area contributed by atoms with E-state index >= 15 is 0 Å². The van der Waals surface area contributed by atoms with Crippen LogP contribution in [0.15, 0.2) is 18.2 Å². The summed E-state index contributed by atoms with van der Waals surface area (Å²) in [4.78, 5) is 15.7. The van der Waals surface area contributed by atoms with Crippen LogP contribution in [0.25, 0.3) is 0 Å². The van der Waals surface area contributed by atoms with Crippen LogP contribution in [0.5, 0.6) is 0 Å². The summed E-state index contributed by atoms with van der Waals surface area (Å²) < 4.78 is 23.0. The molecule has 1 aliphatic heterocycles. The molecule has 0 aromatic heterocycles. The molecule has 1 saturated heterocycles. The van der Waals surface area contributed by atoms with E-state index in [1.165, 1.54) is 0 Å². The summed E-state index contributed by atoms with van der Waals surface area (Å²) in [6.07, 6.45) is 0.515. The van der Waals surface area contributed by atoms with E-state index in [1.54, 1.807) is 24.1 Å². The highest BCUT2D eigenvalue weighted by atomic mass is 35.5. The zero-order chi connectivity index (χ0) is 17.2. The molecule has 5 nitrogen and oxygen atoms in total. The van der Waals surface area contributed by atoms with E-state index in [-0.39, 0.29) is 30.0 Å². The third kappa shape index (κ3) is 5.08. The minimum absolute atomic E-state index is 0.0613. The van der Waals surface area contributed by atoms with E-state index in [0.717, 1.165) is 5.56 Å². The lowest BCUT2D eigenvalue weighted by Gasteiger charge is -2.26. The zero-order valence-corrected chi connectivity index (χ0v) is 15.5. The summed E-state index contributed by atoms with van der Waals surface area (Å²) in [6, 6.07) is 5.15. The van der Waals surface area contributed by atoms with Gasteiger partial charge in [-0.25, -0.2) is 8.42 Å². The van der Waals surface area contributed by atoms with Crippen LogP contribution in [0, 0.1) is 0 Å². The van der Waals surface area contributed by atoms with Gasteiger partial charge in [-0.1, -0.05) is 29.3 Å². The van der Waals surface area contributed by atoms with Gasteiger partial charge in [0.25, 0.3) is 0 Å². The Balaban J connectivity index is 1.90. The largest absolute Gasteiger partial charge is 0.341 e. The van der Waals surface area contributed by atoms with Gasteiger partial charge < -0.3 is 4.90 Å². The van der Waals surface area contributed by atoms with Gasteiger partial charge in [-0.2, -0.15) is 0 Å². The molecule has 1 heterocycles. The standard InChI is InChI=1S/C15H20Cl2N2O3S/c1-18(8-11-3-4-13(16)14(17)7-11)9-15(20)19(2)12-5-6-23(21,22)10-12/h3-4,7,12H,5-6,8-10H2,1-2H3. The number of rotatable bonds is 5. The molecular formula is C15H20Cl2N2O3S. The number of carbonyl (C=O) groups is 1. The van der Waals surface area contributed by atoms with E-state index in [4.69, 9.17) is 23.2 Å². The van der Waals surface area contributed by atoms with Crippen LogP contribution in [0.2, 0.25) is 10.0 Å². The second-order valence-electron chi connectivity index (χ2n) is 5.98. The van der Waals surface area contributed by atoms with Crippen LogP contribution in [0.1, 0.15) is 12.0 Å². The van der Waals surface area contributed by atoms with Gasteiger partial charge in [0.15, 0.2) is 9.84 Å². The molecule has 1 fully saturated rings. The quantitative estimate of drug-likeness (QED) is 0.786. The normalized spacial score (nSPS) is 20.0. The lowest BCUT2D eigenvalue weighted by Crippen LogP contribution is -2.42. The van der Waals surface area contributed by atoms with Crippen LogP contribution in [-0.2, 0) is 21.2 Å². The maximum Gasteiger partial charge on any atom is 0.236 e. The Morgan fingerprint density at radius 1 is 1.26 bits per heavy atom. The Bertz CT molecular complexity index is 694. The van der Waals surface area contributed by atoms with Gasteiger partial charge >= 0.3 is 0 Å². The molecule has 0 N–H and O–H groups in total. The van der Waals surface area contributed by atoms with Crippen molar-refractivity contribution in [2.45, 2.75) is 19.0 Å². The number of hydrogen-bond acceptors (Lipinski definition) is 4. The smallest absolute Gasteiger partial charge is 0.236 e. The van der Waals surface area contributed by atoms with Crippen LogP contribution >= 0.6 is 23.2 Å². The van der Waals surface area contributed by atoms with Crippen LogP contribution in [0.4, 0.5) is 0 Å². The Kier molecular flexibility index (Phi) is 5.94. The first-order valence-electron chi connectivity index (χ1n) is 7.26. The van der Waals surface area contributed by atoms with Gasteiger partial charge in [0.2, 0.25) is 5.91 Å². The van der Waals surface area contributed by atoms with E-state index in [1.807, 2.05) is 18.0 Å². The SMILES string of the molecule is CN(CC(=O)N(C)C1CCS(=O)(=O)C1)Cc1ccc(Cl)c(Cl)c1. The topological polar surface area (TPSA) is 57.7 Å². The first kappa shape index (κ1) is 18.5. The Labute approximate surface area is 147 Å². The van der Waals surface area contributed by atoms with Gasteiger partial charge in [-0.15, -0.1) is 0 Å². The van der Waals surface area contributed by atoms with E-state index in [2.05, 4.69) is 0 Å². The van der Waals surface area contributed by atoms with E-state index in [9.17, 15) is 13.2 Å². The summed E-state index contributed by atoms with van der Waals surface area (Å²) in [7, 11) is 0.506. The third-order valence-corrected chi connectivity index (χ3v) is 6.48. The molecule has 1 aromatic rings. The van der Waals surface area contributed by atoms with Gasteiger partial charge in [-0.3, -0.25) is 9.69 Å². The van der Waals surface area contributed by atoms with Crippen molar-refractivity contribution < 1.29 is 13.2 Å². The summed E-state index contributed by atoms with van der Waals surface area (Å²) in [5.41, 5.74) is 0.959. The molecule has 2 rings (SSSR count). The molecule has 0 aliphatic carbocycles. The molecule has 1 atom stereocenters. The molecule has 0 radical (unpaired) electrons. The van der Waals surface area contributed by atoms with Crippen molar-refractivity contribution in [1.29, 1.82) is 0 Å². The number of benzene rings is 1. The molecule has 23 heavy (non-hydrogen) atoms. The minimum atomic E-state index is -2.99. The first-order chi connectivity index (χ1) is 10.7. The average Bonchev–Trinajstić information content (AvgIpc) is 2.82. The molecule has 0 saturated carbocycles.